The Bertz CT molecular complexity index is 498. The van der Waals surface area contributed by atoms with Gasteiger partial charge in [-0.25, -0.2) is 0 Å². The number of nitrogens with one attached hydrogen (secondary N) is 1. The topological polar surface area (TPSA) is 45.0 Å². The molecule has 1 saturated carbocycles. The quantitative estimate of drug-likeness (QED) is 0.885. The molecule has 1 N–H and O–H groups in total. The number of hydrogen-bond donors (Lipinski definition) is 1. The van der Waals surface area contributed by atoms with Gasteiger partial charge in [0.15, 0.2) is 0 Å². The molecule has 0 radical (unpaired) electrons. The fourth-order valence-corrected chi connectivity index (χ4v) is 2.67. The number of nitriles is 1. The van der Waals surface area contributed by atoms with Crippen molar-refractivity contribution in [2.75, 3.05) is 14.2 Å². The van der Waals surface area contributed by atoms with Gasteiger partial charge in [0.1, 0.15) is 5.75 Å². The first-order valence-electron chi connectivity index (χ1n) is 6.31. The van der Waals surface area contributed by atoms with E-state index in [1.54, 1.807) is 7.11 Å². The van der Waals surface area contributed by atoms with Crippen molar-refractivity contribution in [1.82, 2.24) is 5.32 Å². The Morgan fingerprint density at radius 2 is 2.00 bits per heavy atom. The minimum Gasteiger partial charge on any atom is -0.496 e. The number of aryl methyl sites for hydroxylation is 2. The summed E-state index contributed by atoms with van der Waals surface area (Å²) in [6, 6.07) is 6.80. The van der Waals surface area contributed by atoms with Gasteiger partial charge in [-0.05, 0) is 56.5 Å². The highest BCUT2D eigenvalue weighted by Crippen LogP contribution is 2.54. The molecule has 1 fully saturated rings. The Hall–Kier alpha value is -1.53. The van der Waals surface area contributed by atoms with Crippen molar-refractivity contribution in [3.8, 4) is 11.8 Å². The van der Waals surface area contributed by atoms with Crippen molar-refractivity contribution in [2.45, 2.75) is 32.7 Å². The van der Waals surface area contributed by atoms with Gasteiger partial charge in [0.25, 0.3) is 0 Å². The van der Waals surface area contributed by atoms with E-state index < -0.39 is 0 Å². The van der Waals surface area contributed by atoms with Crippen LogP contribution >= 0.6 is 0 Å². The predicted octanol–water partition coefficient (Wildman–Crippen LogP) is 2.88. The van der Waals surface area contributed by atoms with Gasteiger partial charge in [0, 0.05) is 0 Å². The third-order valence-corrected chi connectivity index (χ3v) is 3.95. The van der Waals surface area contributed by atoms with Crippen LogP contribution in [0.5, 0.6) is 5.75 Å². The van der Waals surface area contributed by atoms with Gasteiger partial charge in [-0.2, -0.15) is 5.26 Å². The molecule has 0 aromatic heterocycles. The highest BCUT2D eigenvalue weighted by molar-refractivity contribution is 5.44. The first-order valence-corrected chi connectivity index (χ1v) is 6.31. The van der Waals surface area contributed by atoms with E-state index in [4.69, 9.17) is 4.74 Å². The average molecular weight is 244 g/mol. The predicted molar refractivity (Wildman–Crippen MR) is 71.5 cm³/mol. The summed E-state index contributed by atoms with van der Waals surface area (Å²) in [5, 5.41) is 12.7. The molecule has 3 nitrogen and oxygen atoms in total. The summed E-state index contributed by atoms with van der Waals surface area (Å²) in [4.78, 5) is 0. The van der Waals surface area contributed by atoms with E-state index in [1.807, 2.05) is 14.0 Å². The molecular weight excluding hydrogens is 224 g/mol. The normalized spacial score (nSPS) is 17.9. The summed E-state index contributed by atoms with van der Waals surface area (Å²) in [6.07, 6.45) is 1.97. The molecule has 1 aromatic carbocycles. The van der Waals surface area contributed by atoms with Crippen molar-refractivity contribution in [3.63, 3.8) is 0 Å². The van der Waals surface area contributed by atoms with Crippen LogP contribution in [0.25, 0.3) is 0 Å². The van der Waals surface area contributed by atoms with E-state index in [-0.39, 0.29) is 11.5 Å². The summed E-state index contributed by atoms with van der Waals surface area (Å²) < 4.78 is 5.34. The molecule has 2 rings (SSSR count). The lowest BCUT2D eigenvalue weighted by Crippen LogP contribution is -2.26. The fraction of sp³-hybridized carbons (Fsp3) is 0.533. The lowest BCUT2D eigenvalue weighted by Gasteiger charge is -2.24. The molecule has 1 atom stereocenters. The number of nitrogens with zero attached hydrogens (tertiary/aromatic N) is 1. The maximum atomic E-state index is 9.37. The van der Waals surface area contributed by atoms with Crippen LogP contribution in [0.1, 0.15) is 35.6 Å². The van der Waals surface area contributed by atoms with Crippen LogP contribution in [0.3, 0.4) is 0 Å². The largest absolute Gasteiger partial charge is 0.496 e. The van der Waals surface area contributed by atoms with Crippen LogP contribution < -0.4 is 10.1 Å². The Morgan fingerprint density at radius 1 is 1.33 bits per heavy atom. The maximum absolute atomic E-state index is 9.37. The van der Waals surface area contributed by atoms with Crippen molar-refractivity contribution in [1.29, 1.82) is 5.26 Å². The SMILES string of the molecule is CNC(c1cc(C)c(OC)cc1C)C1(C#N)CC1. The van der Waals surface area contributed by atoms with E-state index in [0.717, 1.165) is 24.2 Å². The van der Waals surface area contributed by atoms with Crippen LogP contribution in [-0.2, 0) is 0 Å². The molecule has 1 aromatic rings. The van der Waals surface area contributed by atoms with E-state index in [0.29, 0.717) is 0 Å². The molecule has 0 saturated heterocycles. The molecular formula is C15H20N2O. The molecule has 0 amide bonds. The number of ether oxygens (including phenoxy) is 1. The summed E-state index contributed by atoms with van der Waals surface area (Å²) >= 11 is 0. The zero-order chi connectivity index (χ0) is 13.3. The number of rotatable bonds is 4. The second-order valence-corrected chi connectivity index (χ2v) is 5.17. The highest BCUT2D eigenvalue weighted by atomic mass is 16.5. The van der Waals surface area contributed by atoms with Gasteiger partial charge in [-0.15, -0.1) is 0 Å². The van der Waals surface area contributed by atoms with E-state index >= 15 is 0 Å². The second kappa shape index (κ2) is 4.62. The summed E-state index contributed by atoms with van der Waals surface area (Å²) in [5.41, 5.74) is 3.31. The first-order chi connectivity index (χ1) is 8.57. The van der Waals surface area contributed by atoms with Crippen molar-refractivity contribution in [2.24, 2.45) is 5.41 Å². The zero-order valence-electron chi connectivity index (χ0n) is 11.5. The highest BCUT2D eigenvalue weighted by Gasteiger charge is 2.50. The minimum atomic E-state index is -0.208. The van der Waals surface area contributed by atoms with Crippen LogP contribution in [0.15, 0.2) is 12.1 Å². The third kappa shape index (κ3) is 1.97. The molecule has 0 bridgehead atoms. The summed E-state index contributed by atoms with van der Waals surface area (Å²) in [7, 11) is 3.62. The number of hydrogen-bond acceptors (Lipinski definition) is 3. The Morgan fingerprint density at radius 3 is 2.44 bits per heavy atom. The summed E-state index contributed by atoms with van der Waals surface area (Å²) in [5.74, 6) is 0.910. The van der Waals surface area contributed by atoms with Gasteiger partial charge < -0.3 is 10.1 Å². The standard InChI is InChI=1S/C15H20N2O/c1-10-8-13(18-4)11(2)7-12(10)14(17-3)15(9-16)5-6-15/h7-8,14,17H,5-6H2,1-4H3. The monoisotopic (exact) mass is 244 g/mol. The molecule has 96 valence electrons. The number of benzene rings is 1. The second-order valence-electron chi connectivity index (χ2n) is 5.17. The van der Waals surface area contributed by atoms with Crippen molar-refractivity contribution >= 4 is 0 Å². The van der Waals surface area contributed by atoms with Crippen LogP contribution in [-0.4, -0.2) is 14.2 Å². The van der Waals surface area contributed by atoms with Gasteiger partial charge in [0.05, 0.1) is 24.6 Å². The molecule has 3 heteroatoms. The molecule has 1 aliphatic carbocycles. The molecule has 0 spiro atoms. The first kappa shape index (κ1) is 12.9. The van der Waals surface area contributed by atoms with Crippen LogP contribution in [0, 0.1) is 30.6 Å². The van der Waals surface area contributed by atoms with Crippen LogP contribution in [0.2, 0.25) is 0 Å². The fourth-order valence-electron chi connectivity index (χ4n) is 2.67. The van der Waals surface area contributed by atoms with Crippen LogP contribution in [0.4, 0.5) is 0 Å². The third-order valence-electron chi connectivity index (χ3n) is 3.95. The summed E-state index contributed by atoms with van der Waals surface area (Å²) in [6.45, 7) is 4.12. The zero-order valence-corrected chi connectivity index (χ0v) is 11.5. The molecule has 18 heavy (non-hydrogen) atoms. The molecule has 1 aliphatic rings. The molecule has 1 unspecified atom stereocenters. The minimum absolute atomic E-state index is 0.118. The lowest BCUT2D eigenvalue weighted by molar-refractivity contribution is 0.408. The number of methoxy groups -OCH3 is 1. The molecule has 0 aliphatic heterocycles. The van der Waals surface area contributed by atoms with Gasteiger partial charge in [-0.3, -0.25) is 0 Å². The van der Waals surface area contributed by atoms with Gasteiger partial charge in [-0.1, -0.05) is 6.07 Å². The Labute approximate surface area is 109 Å². The van der Waals surface area contributed by atoms with E-state index in [9.17, 15) is 5.26 Å². The van der Waals surface area contributed by atoms with E-state index in [1.165, 1.54) is 11.1 Å². The van der Waals surface area contributed by atoms with E-state index in [2.05, 4.69) is 30.4 Å². The Kier molecular flexibility index (Phi) is 3.32. The smallest absolute Gasteiger partial charge is 0.122 e. The van der Waals surface area contributed by atoms with Gasteiger partial charge in [0.2, 0.25) is 0 Å². The lowest BCUT2D eigenvalue weighted by atomic mass is 9.87. The Balaban J connectivity index is 2.44. The average Bonchev–Trinajstić information content (AvgIpc) is 3.15. The van der Waals surface area contributed by atoms with Gasteiger partial charge >= 0.3 is 0 Å². The van der Waals surface area contributed by atoms with Crippen molar-refractivity contribution in [3.05, 3.63) is 28.8 Å². The molecule has 0 heterocycles. The maximum Gasteiger partial charge on any atom is 0.122 e. The van der Waals surface area contributed by atoms with Crippen molar-refractivity contribution < 1.29 is 4.74 Å².